The molecule has 0 aliphatic rings. The lowest BCUT2D eigenvalue weighted by molar-refractivity contribution is -0.115. The van der Waals surface area contributed by atoms with Crippen molar-refractivity contribution >= 4 is 32.4 Å². The van der Waals surface area contributed by atoms with Crippen LogP contribution in [0.25, 0.3) is 0 Å². The lowest BCUT2D eigenvalue weighted by Crippen LogP contribution is -2.28. The maximum absolute atomic E-state index is 12.6. The predicted molar refractivity (Wildman–Crippen MR) is 99.9 cm³/mol. The Morgan fingerprint density at radius 2 is 2.04 bits per heavy atom. The molecule has 0 aliphatic heterocycles. The van der Waals surface area contributed by atoms with Crippen LogP contribution in [-0.2, 0) is 14.8 Å². The predicted octanol–water partition coefficient (Wildman–Crippen LogP) is 2.63. The molecular weight excluding hydrogens is 376 g/mol. The molecule has 8 nitrogen and oxygen atoms in total. The number of benzene rings is 1. The van der Waals surface area contributed by atoms with Gasteiger partial charge in [-0.2, -0.15) is 0 Å². The first-order valence-electron chi connectivity index (χ1n) is 8.10. The first-order valence-corrected chi connectivity index (χ1v) is 10.4. The van der Waals surface area contributed by atoms with Gasteiger partial charge in [0.1, 0.15) is 5.75 Å². The topological polar surface area (TPSA) is 110 Å². The summed E-state index contributed by atoms with van der Waals surface area (Å²) in [6, 6.07) is 5.12. The number of methoxy groups -OCH3 is 1. The van der Waals surface area contributed by atoms with Crippen LogP contribution in [0.15, 0.2) is 22.5 Å². The standard InChI is InChI=1S/C16H22N4O4S2/c1-5-12(11-7-8-13(24-4)10(3)9-11)20-26(22,23)16-19-18-15(25-16)17-14(21)6-2/h7-9,12,20H,5-6H2,1-4H3,(H,17,18,21)/t12-/m0/s1. The minimum Gasteiger partial charge on any atom is -0.496 e. The molecule has 0 radical (unpaired) electrons. The zero-order valence-corrected chi connectivity index (χ0v) is 16.7. The van der Waals surface area contributed by atoms with Gasteiger partial charge in [0.2, 0.25) is 15.4 Å². The number of carbonyl (C=O) groups is 1. The Morgan fingerprint density at radius 3 is 2.62 bits per heavy atom. The van der Waals surface area contributed by atoms with Gasteiger partial charge >= 0.3 is 0 Å². The highest BCUT2D eigenvalue weighted by molar-refractivity contribution is 7.91. The number of sulfonamides is 1. The Bertz CT molecular complexity index is 880. The number of hydrogen-bond acceptors (Lipinski definition) is 7. The van der Waals surface area contributed by atoms with Crippen molar-refractivity contribution in [3.63, 3.8) is 0 Å². The highest BCUT2D eigenvalue weighted by Crippen LogP contribution is 2.27. The molecule has 2 N–H and O–H groups in total. The summed E-state index contributed by atoms with van der Waals surface area (Å²) < 4.78 is 32.9. The van der Waals surface area contributed by atoms with Crippen molar-refractivity contribution in [2.75, 3.05) is 12.4 Å². The number of amides is 1. The van der Waals surface area contributed by atoms with Gasteiger partial charge in [-0.1, -0.05) is 37.3 Å². The number of anilines is 1. The lowest BCUT2D eigenvalue weighted by atomic mass is 10.0. The van der Waals surface area contributed by atoms with Gasteiger partial charge in [0.15, 0.2) is 0 Å². The Morgan fingerprint density at radius 1 is 1.31 bits per heavy atom. The molecule has 10 heteroatoms. The molecule has 2 aromatic rings. The monoisotopic (exact) mass is 398 g/mol. The minimum absolute atomic E-state index is 0.158. The second-order valence-corrected chi connectivity index (χ2v) is 8.45. The molecule has 0 saturated heterocycles. The van der Waals surface area contributed by atoms with E-state index in [1.165, 1.54) is 0 Å². The van der Waals surface area contributed by atoms with Crippen molar-refractivity contribution in [3.8, 4) is 5.75 Å². The highest BCUT2D eigenvalue weighted by atomic mass is 32.2. The lowest BCUT2D eigenvalue weighted by Gasteiger charge is -2.17. The van der Waals surface area contributed by atoms with Gasteiger partial charge in [0, 0.05) is 12.5 Å². The van der Waals surface area contributed by atoms with Crippen molar-refractivity contribution in [2.45, 2.75) is 44.0 Å². The third-order valence-electron chi connectivity index (χ3n) is 3.73. The molecule has 0 fully saturated rings. The number of nitrogens with zero attached hydrogens (tertiary/aromatic N) is 2. The average Bonchev–Trinajstić information content (AvgIpc) is 3.09. The fourth-order valence-corrected chi connectivity index (χ4v) is 4.56. The second-order valence-electron chi connectivity index (χ2n) is 5.59. The number of rotatable bonds is 8. The van der Waals surface area contributed by atoms with E-state index in [9.17, 15) is 13.2 Å². The SMILES string of the molecule is CCC(=O)Nc1nnc(S(=O)(=O)N[C@@H](CC)c2ccc(OC)c(C)c2)s1. The molecule has 142 valence electrons. The number of ether oxygens (including phenoxy) is 1. The summed E-state index contributed by atoms with van der Waals surface area (Å²) in [6.07, 6.45) is 0.831. The van der Waals surface area contributed by atoms with Gasteiger partial charge < -0.3 is 10.1 Å². The van der Waals surface area contributed by atoms with E-state index in [0.717, 1.165) is 28.2 Å². The minimum atomic E-state index is -3.86. The normalized spacial score (nSPS) is 12.6. The summed E-state index contributed by atoms with van der Waals surface area (Å²) >= 11 is 0.816. The Kier molecular flexibility index (Phi) is 6.68. The number of nitrogens with one attached hydrogen (secondary N) is 2. The number of aromatic nitrogens is 2. The molecule has 0 unspecified atom stereocenters. The van der Waals surface area contributed by atoms with Crippen LogP contribution in [-0.4, -0.2) is 31.6 Å². The van der Waals surface area contributed by atoms with Crippen LogP contribution in [0.5, 0.6) is 5.75 Å². The van der Waals surface area contributed by atoms with Crippen molar-refractivity contribution in [1.82, 2.24) is 14.9 Å². The van der Waals surface area contributed by atoms with Crippen LogP contribution >= 0.6 is 11.3 Å². The van der Waals surface area contributed by atoms with Crippen LogP contribution in [0.2, 0.25) is 0 Å². The van der Waals surface area contributed by atoms with Crippen molar-refractivity contribution in [3.05, 3.63) is 29.3 Å². The molecule has 1 atom stereocenters. The molecule has 1 aromatic heterocycles. The summed E-state index contributed by atoms with van der Waals surface area (Å²) in [5.41, 5.74) is 1.75. The Hall–Kier alpha value is -2.04. The molecule has 1 heterocycles. The van der Waals surface area contributed by atoms with E-state index in [2.05, 4.69) is 20.2 Å². The summed E-state index contributed by atoms with van der Waals surface area (Å²) in [5.74, 6) is 0.491. The van der Waals surface area contributed by atoms with Crippen molar-refractivity contribution in [1.29, 1.82) is 0 Å². The average molecular weight is 399 g/mol. The van der Waals surface area contributed by atoms with Crippen LogP contribution in [0.1, 0.15) is 43.9 Å². The number of aryl methyl sites for hydroxylation is 1. The van der Waals surface area contributed by atoms with Gasteiger partial charge in [0.05, 0.1) is 7.11 Å². The molecule has 0 bridgehead atoms. The number of carbonyl (C=O) groups excluding carboxylic acids is 1. The Balaban J connectivity index is 2.21. The Labute approximate surface area is 157 Å². The zero-order valence-electron chi connectivity index (χ0n) is 15.1. The van der Waals surface area contributed by atoms with E-state index in [0.29, 0.717) is 6.42 Å². The molecular formula is C16H22N4O4S2. The van der Waals surface area contributed by atoms with Crippen LogP contribution in [0, 0.1) is 6.92 Å². The van der Waals surface area contributed by atoms with E-state index in [1.807, 2.05) is 32.0 Å². The van der Waals surface area contributed by atoms with Gasteiger partial charge in [-0.25, -0.2) is 13.1 Å². The first kappa shape index (κ1) is 20.3. The summed E-state index contributed by atoms with van der Waals surface area (Å²) in [4.78, 5) is 11.4. The van der Waals surface area contributed by atoms with Crippen molar-refractivity contribution in [2.24, 2.45) is 0 Å². The molecule has 2 rings (SSSR count). The maximum Gasteiger partial charge on any atom is 0.270 e. The quantitative estimate of drug-likeness (QED) is 0.662. The summed E-state index contributed by atoms with van der Waals surface area (Å²) in [5, 5.41) is 10.1. The van der Waals surface area contributed by atoms with Crippen LogP contribution in [0.4, 0.5) is 5.13 Å². The van der Waals surface area contributed by atoms with Crippen molar-refractivity contribution < 1.29 is 17.9 Å². The van der Waals surface area contributed by atoms with E-state index in [1.54, 1.807) is 14.0 Å². The molecule has 0 spiro atoms. The van der Waals surface area contributed by atoms with Gasteiger partial charge in [-0.05, 0) is 30.5 Å². The molecule has 0 saturated carbocycles. The summed E-state index contributed by atoms with van der Waals surface area (Å²) in [6.45, 7) is 5.48. The fraction of sp³-hybridized carbons (Fsp3) is 0.438. The largest absolute Gasteiger partial charge is 0.496 e. The van der Waals surface area contributed by atoms with Crippen LogP contribution < -0.4 is 14.8 Å². The molecule has 1 amide bonds. The maximum atomic E-state index is 12.6. The van der Waals surface area contributed by atoms with E-state index >= 15 is 0 Å². The number of hydrogen-bond donors (Lipinski definition) is 2. The highest BCUT2D eigenvalue weighted by Gasteiger charge is 2.25. The molecule has 0 aliphatic carbocycles. The van der Waals surface area contributed by atoms with E-state index < -0.39 is 16.1 Å². The summed E-state index contributed by atoms with van der Waals surface area (Å²) in [7, 11) is -2.27. The fourth-order valence-electron chi connectivity index (χ4n) is 2.32. The molecule has 1 aromatic carbocycles. The van der Waals surface area contributed by atoms with Gasteiger partial charge in [0.25, 0.3) is 10.0 Å². The second kappa shape index (κ2) is 8.56. The van der Waals surface area contributed by atoms with Gasteiger partial charge in [-0.15, -0.1) is 10.2 Å². The smallest absolute Gasteiger partial charge is 0.270 e. The van der Waals surface area contributed by atoms with Crippen LogP contribution in [0.3, 0.4) is 0 Å². The van der Waals surface area contributed by atoms with E-state index in [4.69, 9.17) is 4.74 Å². The molecule has 26 heavy (non-hydrogen) atoms. The third-order valence-corrected chi connectivity index (χ3v) is 6.41. The first-order chi connectivity index (χ1) is 12.3. The third kappa shape index (κ3) is 4.77. The zero-order chi connectivity index (χ0) is 19.3. The van der Waals surface area contributed by atoms with E-state index in [-0.39, 0.29) is 21.8 Å². The van der Waals surface area contributed by atoms with Gasteiger partial charge in [-0.3, -0.25) is 4.79 Å².